The van der Waals surface area contributed by atoms with Crippen molar-refractivity contribution in [1.82, 2.24) is 9.97 Å². The van der Waals surface area contributed by atoms with E-state index < -0.39 is 34.0 Å². The van der Waals surface area contributed by atoms with Crippen LogP contribution in [-0.2, 0) is 24.6 Å². The molecule has 7 nitrogen and oxygen atoms in total. The minimum Gasteiger partial charge on any atom is -0.399 e. The van der Waals surface area contributed by atoms with Crippen molar-refractivity contribution < 1.29 is 22.1 Å². The van der Waals surface area contributed by atoms with Crippen molar-refractivity contribution in [3.8, 4) is 11.3 Å². The Balaban J connectivity index is 1.59. The van der Waals surface area contributed by atoms with Crippen LogP contribution in [0.4, 0.5) is 15.8 Å². The van der Waals surface area contributed by atoms with E-state index in [4.69, 9.17) is 19.3 Å². The lowest BCUT2D eigenvalue weighted by Crippen LogP contribution is -2.41. The van der Waals surface area contributed by atoms with Crippen molar-refractivity contribution in [2.45, 2.75) is 70.0 Å². The normalized spacial score (nSPS) is 19.0. The summed E-state index contributed by atoms with van der Waals surface area (Å²) in [6, 6.07) is 13.4. The largest absolute Gasteiger partial charge is 0.496 e. The average molecular weight is 588 g/mol. The number of fused-ring (bicyclic) bond motifs is 2. The monoisotopic (exact) mass is 587 g/mol. The van der Waals surface area contributed by atoms with E-state index >= 15 is 0 Å². The van der Waals surface area contributed by atoms with Crippen molar-refractivity contribution in [3.63, 3.8) is 0 Å². The topological polar surface area (TPSA) is 81.6 Å². The number of benzene rings is 2. The molecule has 0 bridgehead atoms. The van der Waals surface area contributed by atoms with Crippen LogP contribution in [0.1, 0.15) is 52.8 Å². The second kappa shape index (κ2) is 9.33. The van der Waals surface area contributed by atoms with Crippen LogP contribution in [0.2, 0.25) is 0 Å². The summed E-state index contributed by atoms with van der Waals surface area (Å²) in [5.74, 6) is -0.418. The average Bonchev–Trinajstić information content (AvgIpc) is 3.29. The first-order chi connectivity index (χ1) is 19.5. The molecule has 0 radical (unpaired) electrons. The van der Waals surface area contributed by atoms with Crippen molar-refractivity contribution in [2.75, 3.05) is 17.7 Å². The molecule has 42 heavy (non-hydrogen) atoms. The van der Waals surface area contributed by atoms with E-state index in [2.05, 4.69) is 24.8 Å². The zero-order chi connectivity index (χ0) is 30.4. The van der Waals surface area contributed by atoms with Gasteiger partial charge in [-0.1, -0.05) is 32.0 Å². The van der Waals surface area contributed by atoms with Gasteiger partial charge in [0, 0.05) is 46.9 Å². The van der Waals surface area contributed by atoms with Crippen molar-refractivity contribution in [3.05, 3.63) is 71.8 Å². The Kier molecular flexibility index (Phi) is 6.39. The maximum atomic E-state index is 14.6. The Morgan fingerprint density at radius 1 is 0.976 bits per heavy atom. The van der Waals surface area contributed by atoms with Gasteiger partial charge in [0.1, 0.15) is 5.82 Å². The van der Waals surface area contributed by atoms with Gasteiger partial charge in [-0.15, -0.1) is 0 Å². The summed E-state index contributed by atoms with van der Waals surface area (Å²) >= 11 is 0. The lowest BCUT2D eigenvalue weighted by molar-refractivity contribution is 0.00578. The molecule has 0 unspecified atom stereocenters. The quantitative estimate of drug-likeness (QED) is 0.276. The van der Waals surface area contributed by atoms with E-state index in [1.807, 2.05) is 40.8 Å². The highest BCUT2D eigenvalue weighted by molar-refractivity contribution is 7.90. The smallest absolute Gasteiger partial charge is 0.399 e. The second-order valence-electron chi connectivity index (χ2n) is 13.1. The number of pyridine rings is 2. The molecule has 2 aromatic heterocycles. The summed E-state index contributed by atoms with van der Waals surface area (Å²) in [4.78, 5) is 12.1. The highest BCUT2D eigenvalue weighted by atomic mass is 32.2. The Labute approximate surface area is 247 Å². The molecule has 2 aromatic carbocycles. The van der Waals surface area contributed by atoms with E-state index in [9.17, 15) is 12.8 Å². The third-order valence-corrected chi connectivity index (χ3v) is 10.0. The molecule has 6 rings (SSSR count). The number of hydrogen-bond acceptors (Lipinski definition) is 7. The summed E-state index contributed by atoms with van der Waals surface area (Å²) in [7, 11) is -4.14. The van der Waals surface area contributed by atoms with Crippen molar-refractivity contribution in [2.24, 2.45) is 0 Å². The predicted octanol–water partition coefficient (Wildman–Crippen LogP) is 5.88. The fourth-order valence-electron chi connectivity index (χ4n) is 5.97. The number of sulfone groups is 1. The fraction of sp³-hybridized carbons (Fsp3) is 0.375. The summed E-state index contributed by atoms with van der Waals surface area (Å²) in [5, 5.41) is 0.763. The molecule has 0 N–H and O–H groups in total. The number of aromatic nitrogens is 2. The van der Waals surface area contributed by atoms with Crippen LogP contribution in [0, 0.1) is 12.7 Å². The van der Waals surface area contributed by atoms with E-state index in [1.165, 1.54) is 18.4 Å². The molecule has 0 saturated carbocycles. The molecular formula is C32H35BFN3O4S. The van der Waals surface area contributed by atoms with Crippen LogP contribution in [0.3, 0.4) is 0 Å². The summed E-state index contributed by atoms with van der Waals surface area (Å²) < 4.78 is 52.8. The highest BCUT2D eigenvalue weighted by Crippen LogP contribution is 2.48. The Morgan fingerprint density at radius 3 is 2.31 bits per heavy atom. The first kappa shape index (κ1) is 28.8. The maximum absolute atomic E-state index is 14.6. The minimum atomic E-state index is -3.56. The van der Waals surface area contributed by atoms with Crippen LogP contribution in [-0.4, -0.2) is 49.5 Å². The Hall–Kier alpha value is -3.34. The van der Waals surface area contributed by atoms with Crippen LogP contribution in [0.25, 0.3) is 22.2 Å². The molecule has 10 heteroatoms. The van der Waals surface area contributed by atoms with Gasteiger partial charge in [-0.25, -0.2) is 17.8 Å². The van der Waals surface area contributed by atoms with Crippen LogP contribution in [0.15, 0.2) is 59.6 Å². The standard InChI is InChI=1S/C32H35BFN3O4S/c1-19-27(23-11-9-10-12-26(23)42(8,38)39)36-24-16-21(34)13-14-22(24)28(19)37-18-30(2,3)29-25(37)15-20(17-35-29)33-40-31(4,5)32(6,7)41-33/h9-17H,18H2,1-8H3. The number of rotatable bonds is 4. The molecule has 0 aliphatic carbocycles. The van der Waals surface area contributed by atoms with E-state index in [-0.39, 0.29) is 10.3 Å². The number of anilines is 2. The predicted molar refractivity (Wildman–Crippen MR) is 165 cm³/mol. The molecule has 0 atom stereocenters. The second-order valence-corrected chi connectivity index (χ2v) is 15.0. The summed E-state index contributed by atoms with van der Waals surface area (Å²) in [6.07, 6.45) is 3.01. The molecule has 2 aliphatic heterocycles. The summed E-state index contributed by atoms with van der Waals surface area (Å²) in [6.45, 7) is 14.9. The van der Waals surface area contributed by atoms with Crippen LogP contribution < -0.4 is 10.4 Å². The molecule has 4 heterocycles. The number of hydrogen-bond donors (Lipinski definition) is 0. The van der Waals surface area contributed by atoms with Gasteiger partial charge in [-0.3, -0.25) is 4.98 Å². The molecule has 0 spiro atoms. The van der Waals surface area contributed by atoms with Gasteiger partial charge in [-0.2, -0.15) is 0 Å². The molecule has 0 amide bonds. The van der Waals surface area contributed by atoms with Gasteiger partial charge in [0.15, 0.2) is 9.84 Å². The number of halogens is 1. The van der Waals surface area contributed by atoms with Gasteiger partial charge in [-0.05, 0) is 64.4 Å². The summed E-state index contributed by atoms with van der Waals surface area (Å²) in [5.41, 5.74) is 4.35. The van der Waals surface area contributed by atoms with Gasteiger partial charge in [0.2, 0.25) is 0 Å². The molecular weight excluding hydrogens is 552 g/mol. The van der Waals surface area contributed by atoms with Gasteiger partial charge in [0.05, 0.1) is 44.4 Å². The van der Waals surface area contributed by atoms with Gasteiger partial charge < -0.3 is 14.2 Å². The zero-order valence-corrected chi connectivity index (χ0v) is 26.1. The van der Waals surface area contributed by atoms with E-state index in [0.717, 1.165) is 33.5 Å². The van der Waals surface area contributed by atoms with Gasteiger partial charge >= 0.3 is 7.12 Å². The van der Waals surface area contributed by atoms with Crippen LogP contribution >= 0.6 is 0 Å². The minimum absolute atomic E-state index is 0.175. The molecule has 4 aromatic rings. The molecule has 218 valence electrons. The Bertz CT molecular complexity index is 1860. The first-order valence-corrected chi connectivity index (χ1v) is 15.9. The lowest BCUT2D eigenvalue weighted by atomic mass is 9.79. The third-order valence-electron chi connectivity index (χ3n) is 8.87. The lowest BCUT2D eigenvalue weighted by Gasteiger charge is -2.32. The Morgan fingerprint density at radius 2 is 1.64 bits per heavy atom. The van der Waals surface area contributed by atoms with Gasteiger partial charge in [0.25, 0.3) is 0 Å². The first-order valence-electron chi connectivity index (χ1n) is 14.0. The third kappa shape index (κ3) is 4.51. The van der Waals surface area contributed by atoms with E-state index in [1.54, 1.807) is 30.3 Å². The zero-order valence-electron chi connectivity index (χ0n) is 25.2. The highest BCUT2D eigenvalue weighted by Gasteiger charge is 2.52. The maximum Gasteiger partial charge on any atom is 0.496 e. The SMILES string of the molecule is Cc1c(-c2ccccc2S(C)(=O)=O)nc2cc(F)ccc2c1N1CC(C)(C)c2ncc(B3OC(C)(C)C(C)(C)O3)cc21. The van der Waals surface area contributed by atoms with E-state index in [0.29, 0.717) is 23.3 Å². The van der Waals surface area contributed by atoms with Crippen LogP contribution in [0.5, 0.6) is 0 Å². The van der Waals surface area contributed by atoms with Crippen molar-refractivity contribution >= 4 is 44.7 Å². The fourth-order valence-corrected chi connectivity index (χ4v) is 6.86. The number of nitrogens with zero attached hydrogens (tertiary/aromatic N) is 3. The molecule has 2 aliphatic rings. The van der Waals surface area contributed by atoms with Crippen molar-refractivity contribution in [1.29, 1.82) is 0 Å². The molecule has 1 saturated heterocycles. The molecule has 1 fully saturated rings.